The second-order valence-corrected chi connectivity index (χ2v) is 7.20. The number of aromatic amines is 1. The van der Waals surface area contributed by atoms with Crippen molar-refractivity contribution in [2.75, 3.05) is 6.61 Å². The summed E-state index contributed by atoms with van der Waals surface area (Å²) in [5.41, 5.74) is 5.60. The van der Waals surface area contributed by atoms with Gasteiger partial charge in [0.1, 0.15) is 11.8 Å². The first-order chi connectivity index (χ1) is 14.0. The number of phenolic OH excluding ortho intramolecular Hbond substituents is 1. The van der Waals surface area contributed by atoms with E-state index in [-0.39, 0.29) is 23.5 Å². The van der Waals surface area contributed by atoms with E-state index in [0.717, 1.165) is 39.8 Å². The fourth-order valence-corrected chi connectivity index (χ4v) is 4.43. The first-order valence-electron chi connectivity index (χ1n) is 9.46. The summed E-state index contributed by atoms with van der Waals surface area (Å²) in [5, 5.41) is 26.0. The predicted octanol–water partition coefficient (Wildman–Crippen LogP) is 3.57. The Morgan fingerprint density at radius 1 is 1.41 bits per heavy atom. The number of aryl methyl sites for hydroxylation is 3. The number of carbonyl (C=O) groups excluding carboxylic acids is 1. The molecule has 2 aromatic carbocycles. The maximum atomic E-state index is 13.0. The van der Waals surface area contributed by atoms with Crippen LogP contribution in [0.4, 0.5) is 0 Å². The van der Waals surface area contributed by atoms with E-state index in [1.807, 2.05) is 13.2 Å². The van der Waals surface area contributed by atoms with Gasteiger partial charge in [-0.25, -0.2) is 4.79 Å². The van der Waals surface area contributed by atoms with E-state index < -0.39 is 5.97 Å². The van der Waals surface area contributed by atoms with Gasteiger partial charge >= 0.3 is 5.97 Å². The number of fused-ring (bicyclic) bond motifs is 7. The van der Waals surface area contributed by atoms with Crippen LogP contribution in [0, 0.1) is 11.3 Å². The molecule has 0 fully saturated rings. The number of aromatic hydroxyl groups is 1. The van der Waals surface area contributed by atoms with Gasteiger partial charge in [-0.2, -0.15) is 10.4 Å². The summed E-state index contributed by atoms with van der Waals surface area (Å²) in [6, 6.07) is 7.23. The molecule has 2 N–H and O–H groups in total. The zero-order valence-electron chi connectivity index (χ0n) is 16.0. The Balaban J connectivity index is 2.01. The molecule has 7 nitrogen and oxygen atoms in total. The summed E-state index contributed by atoms with van der Waals surface area (Å²) < 4.78 is 7.07. The summed E-state index contributed by atoms with van der Waals surface area (Å²) in [6.45, 7) is 1.96. The smallest absolute Gasteiger partial charge is 0.340 e. The molecule has 29 heavy (non-hydrogen) atoms. The van der Waals surface area contributed by atoms with E-state index in [0.29, 0.717) is 17.2 Å². The zero-order valence-corrected chi connectivity index (χ0v) is 16.0. The Hall–Kier alpha value is -3.79. The van der Waals surface area contributed by atoms with Gasteiger partial charge in [-0.1, -0.05) is 0 Å². The van der Waals surface area contributed by atoms with Crippen LogP contribution in [-0.2, 0) is 24.6 Å². The number of nitriles is 1. The van der Waals surface area contributed by atoms with E-state index in [1.54, 1.807) is 29.8 Å². The van der Waals surface area contributed by atoms with Crippen LogP contribution in [0.3, 0.4) is 0 Å². The molecule has 0 radical (unpaired) electrons. The average Bonchev–Trinajstić information content (AvgIpc) is 3.26. The minimum absolute atomic E-state index is 0.104. The van der Waals surface area contributed by atoms with E-state index in [2.05, 4.69) is 16.2 Å². The van der Waals surface area contributed by atoms with Crippen LogP contribution < -0.4 is 0 Å². The van der Waals surface area contributed by atoms with Crippen molar-refractivity contribution in [3.8, 4) is 22.9 Å². The Morgan fingerprint density at radius 3 is 3.00 bits per heavy atom. The second-order valence-electron chi connectivity index (χ2n) is 7.20. The SMILES string of the molecule is CCOC(=O)c1c2c(c3[nH]c4ccc(O)cc4c3c1C#N)CCc1nn(C)cc1-2. The van der Waals surface area contributed by atoms with Crippen molar-refractivity contribution < 1.29 is 14.6 Å². The topological polar surface area (TPSA) is 104 Å². The molecule has 0 unspecified atom stereocenters. The highest BCUT2D eigenvalue weighted by Crippen LogP contribution is 2.44. The number of rotatable bonds is 2. The standard InChI is InChI=1S/C22H18N4O3/c1-3-29-22(28)20-14(9-23)19-13-8-11(27)4-6-16(13)24-21(19)12-5-7-17-15(18(12)20)10-26(2)25-17/h4,6,8,10,24,27H,3,5,7H2,1-2H3. The summed E-state index contributed by atoms with van der Waals surface area (Å²) in [4.78, 5) is 16.4. The monoisotopic (exact) mass is 386 g/mol. The molecule has 2 aromatic heterocycles. The van der Waals surface area contributed by atoms with Gasteiger partial charge in [0.05, 0.1) is 28.9 Å². The lowest BCUT2D eigenvalue weighted by atomic mass is 9.82. The largest absolute Gasteiger partial charge is 0.508 e. The fraction of sp³-hybridized carbons (Fsp3) is 0.227. The van der Waals surface area contributed by atoms with E-state index in [1.165, 1.54) is 0 Å². The number of H-pyrrole nitrogens is 1. The molecule has 0 amide bonds. The molecule has 5 rings (SSSR count). The Morgan fingerprint density at radius 2 is 2.24 bits per heavy atom. The average molecular weight is 386 g/mol. The minimum Gasteiger partial charge on any atom is -0.508 e. The number of nitrogens with zero attached hydrogens (tertiary/aromatic N) is 3. The normalized spacial score (nSPS) is 12.6. The van der Waals surface area contributed by atoms with Crippen LogP contribution in [0.2, 0.25) is 0 Å². The molecule has 0 aliphatic heterocycles. The van der Waals surface area contributed by atoms with Gasteiger partial charge in [0, 0.05) is 40.7 Å². The number of benzene rings is 2. The van der Waals surface area contributed by atoms with Crippen LogP contribution in [0.5, 0.6) is 5.75 Å². The van der Waals surface area contributed by atoms with Crippen LogP contribution >= 0.6 is 0 Å². The lowest BCUT2D eigenvalue weighted by molar-refractivity contribution is 0.0527. The maximum absolute atomic E-state index is 13.0. The summed E-state index contributed by atoms with van der Waals surface area (Å²) in [5.74, 6) is -0.416. The van der Waals surface area contributed by atoms with Gasteiger partial charge in [0.25, 0.3) is 0 Å². The van der Waals surface area contributed by atoms with Crippen molar-refractivity contribution in [3.63, 3.8) is 0 Å². The van der Waals surface area contributed by atoms with Crippen molar-refractivity contribution >= 4 is 27.8 Å². The van der Waals surface area contributed by atoms with Crippen LogP contribution in [0.25, 0.3) is 32.9 Å². The van der Waals surface area contributed by atoms with Crippen LogP contribution in [-0.4, -0.2) is 32.4 Å². The fourth-order valence-electron chi connectivity index (χ4n) is 4.43. The van der Waals surface area contributed by atoms with Crippen LogP contribution in [0.15, 0.2) is 24.4 Å². The highest BCUT2D eigenvalue weighted by molar-refractivity contribution is 6.18. The molecular formula is C22H18N4O3. The quantitative estimate of drug-likeness (QED) is 0.513. The second kappa shape index (κ2) is 6.11. The Kier molecular flexibility index (Phi) is 3.65. The highest BCUT2D eigenvalue weighted by Gasteiger charge is 2.32. The van der Waals surface area contributed by atoms with Gasteiger partial charge in [-0.05, 0) is 43.5 Å². The number of hydrogen-bond donors (Lipinski definition) is 2. The van der Waals surface area contributed by atoms with Crippen molar-refractivity contribution in [3.05, 3.63) is 46.8 Å². The lowest BCUT2D eigenvalue weighted by Gasteiger charge is -2.21. The van der Waals surface area contributed by atoms with E-state index >= 15 is 0 Å². The van der Waals surface area contributed by atoms with Crippen molar-refractivity contribution in [2.45, 2.75) is 19.8 Å². The first-order valence-corrected chi connectivity index (χ1v) is 9.46. The summed E-state index contributed by atoms with van der Waals surface area (Å²) in [7, 11) is 1.84. The molecule has 144 valence electrons. The number of aromatic nitrogens is 3. The summed E-state index contributed by atoms with van der Waals surface area (Å²) >= 11 is 0. The number of nitrogens with one attached hydrogen (secondary N) is 1. The molecule has 1 aliphatic carbocycles. The minimum atomic E-state index is -0.520. The molecule has 0 atom stereocenters. The Labute approximate surface area is 166 Å². The molecule has 0 saturated heterocycles. The third-order valence-corrected chi connectivity index (χ3v) is 5.51. The van der Waals surface area contributed by atoms with Crippen LogP contribution in [0.1, 0.15) is 34.1 Å². The van der Waals surface area contributed by atoms with Gasteiger partial charge in [-0.3, -0.25) is 4.68 Å². The third-order valence-electron chi connectivity index (χ3n) is 5.51. The van der Waals surface area contributed by atoms with Gasteiger partial charge in [0.15, 0.2) is 0 Å². The molecule has 0 saturated carbocycles. The third kappa shape index (κ3) is 2.36. The van der Waals surface area contributed by atoms with E-state index in [9.17, 15) is 15.2 Å². The highest BCUT2D eigenvalue weighted by atomic mass is 16.5. The van der Waals surface area contributed by atoms with Gasteiger partial charge in [-0.15, -0.1) is 0 Å². The number of ether oxygens (including phenoxy) is 1. The van der Waals surface area contributed by atoms with Crippen molar-refractivity contribution in [1.82, 2.24) is 14.8 Å². The Bertz CT molecular complexity index is 1370. The van der Waals surface area contributed by atoms with Gasteiger partial charge < -0.3 is 14.8 Å². The molecular weight excluding hydrogens is 368 g/mol. The molecule has 7 heteroatoms. The van der Waals surface area contributed by atoms with Crippen molar-refractivity contribution in [1.29, 1.82) is 5.26 Å². The lowest BCUT2D eigenvalue weighted by Crippen LogP contribution is -2.14. The number of carbonyl (C=O) groups is 1. The number of hydrogen-bond acceptors (Lipinski definition) is 5. The molecule has 0 bridgehead atoms. The number of esters is 1. The van der Waals surface area contributed by atoms with Crippen molar-refractivity contribution in [2.24, 2.45) is 7.05 Å². The maximum Gasteiger partial charge on any atom is 0.340 e. The summed E-state index contributed by atoms with van der Waals surface area (Å²) in [6.07, 6.45) is 3.32. The van der Waals surface area contributed by atoms with E-state index in [4.69, 9.17) is 4.74 Å². The zero-order chi connectivity index (χ0) is 20.3. The molecule has 1 aliphatic rings. The molecule has 0 spiro atoms. The molecule has 4 aromatic rings. The number of phenols is 1. The first kappa shape index (κ1) is 17.3. The van der Waals surface area contributed by atoms with Gasteiger partial charge in [0.2, 0.25) is 0 Å². The predicted molar refractivity (Wildman–Crippen MR) is 108 cm³/mol. The molecule has 2 heterocycles.